The predicted octanol–water partition coefficient (Wildman–Crippen LogP) is 4.35. The summed E-state index contributed by atoms with van der Waals surface area (Å²) in [7, 11) is 0. The molecule has 1 N–H and O–H groups in total. The number of benzene rings is 2. The molecule has 0 saturated carbocycles. The van der Waals surface area contributed by atoms with Gasteiger partial charge in [0.25, 0.3) is 0 Å². The highest BCUT2D eigenvalue weighted by Crippen LogP contribution is 2.28. The first-order valence-corrected chi connectivity index (χ1v) is 8.26. The molecular formula is C18H17N5S. The monoisotopic (exact) mass is 335 g/mol. The van der Waals surface area contributed by atoms with Crippen molar-refractivity contribution in [3.8, 4) is 5.69 Å². The molecule has 2 aromatic carbocycles. The lowest BCUT2D eigenvalue weighted by Crippen LogP contribution is -2.03. The summed E-state index contributed by atoms with van der Waals surface area (Å²) in [4.78, 5) is 13.4. The van der Waals surface area contributed by atoms with Gasteiger partial charge in [-0.05, 0) is 30.3 Å². The second-order valence-electron chi connectivity index (χ2n) is 5.98. The van der Waals surface area contributed by atoms with E-state index < -0.39 is 0 Å². The number of nitrogens with zero attached hydrogens (tertiary/aromatic N) is 4. The van der Waals surface area contributed by atoms with Crippen molar-refractivity contribution in [2.45, 2.75) is 19.8 Å². The number of hydrogen-bond donors (Lipinski definition) is 2. The molecule has 0 atom stereocenters. The number of fused-ring (bicyclic) bond motifs is 2. The van der Waals surface area contributed by atoms with Crippen molar-refractivity contribution in [1.82, 2.24) is 19.5 Å². The summed E-state index contributed by atoms with van der Waals surface area (Å²) in [6.45, 7) is 4.31. The summed E-state index contributed by atoms with van der Waals surface area (Å²) in [6, 6.07) is 14.3. The lowest BCUT2D eigenvalue weighted by molar-refractivity contribution is 0.760. The molecule has 4 rings (SSSR count). The third-order valence-corrected chi connectivity index (χ3v) is 4.30. The van der Waals surface area contributed by atoms with E-state index >= 15 is 0 Å². The van der Waals surface area contributed by atoms with Gasteiger partial charge in [0.05, 0.1) is 16.6 Å². The van der Waals surface area contributed by atoms with Gasteiger partial charge in [0, 0.05) is 17.0 Å². The maximum absolute atomic E-state index is 4.81. The Morgan fingerprint density at radius 3 is 2.67 bits per heavy atom. The van der Waals surface area contributed by atoms with Gasteiger partial charge >= 0.3 is 0 Å². The Morgan fingerprint density at radius 2 is 1.88 bits per heavy atom. The molecule has 5 nitrogen and oxygen atoms in total. The molecule has 4 aromatic rings. The van der Waals surface area contributed by atoms with Gasteiger partial charge in [-0.2, -0.15) is 0 Å². The van der Waals surface area contributed by atoms with Crippen LogP contribution in [-0.2, 0) is 0 Å². The Morgan fingerprint density at radius 1 is 1.04 bits per heavy atom. The maximum atomic E-state index is 4.81. The van der Waals surface area contributed by atoms with E-state index in [0.717, 1.165) is 33.4 Å². The summed E-state index contributed by atoms with van der Waals surface area (Å²) < 4.78 is 5.01. The van der Waals surface area contributed by atoms with Crippen molar-refractivity contribution in [1.29, 1.82) is 0 Å². The van der Waals surface area contributed by atoms with Gasteiger partial charge in [0.15, 0.2) is 0 Å². The Labute approximate surface area is 145 Å². The normalized spacial score (nSPS) is 11.5. The predicted molar refractivity (Wildman–Crippen MR) is 101 cm³/mol. The zero-order valence-corrected chi connectivity index (χ0v) is 14.3. The second kappa shape index (κ2) is 5.79. The Bertz CT molecular complexity index is 1040. The zero-order valence-electron chi connectivity index (χ0n) is 13.4. The molecular weight excluding hydrogens is 318 g/mol. The number of hydrogen-bond acceptors (Lipinski definition) is 5. The van der Waals surface area contributed by atoms with Crippen LogP contribution >= 0.6 is 12.8 Å². The Balaban J connectivity index is 2.00. The lowest BCUT2D eigenvalue weighted by atomic mass is 10.1. The molecule has 0 bridgehead atoms. The fraction of sp³-hybridized carbons (Fsp3) is 0.167. The SMILES string of the molecule is CC(C)c1nc2ccccc2n1-c1ccc2c(NS)ncnc2c1. The molecule has 0 spiro atoms. The van der Waals surface area contributed by atoms with Gasteiger partial charge in [-0.25, -0.2) is 15.0 Å². The van der Waals surface area contributed by atoms with Gasteiger partial charge in [-0.1, -0.05) is 38.8 Å². The third kappa shape index (κ3) is 2.30. The van der Waals surface area contributed by atoms with Gasteiger partial charge in [-0.15, -0.1) is 0 Å². The minimum atomic E-state index is 0.313. The van der Waals surface area contributed by atoms with E-state index in [1.54, 1.807) is 6.33 Å². The highest BCUT2D eigenvalue weighted by Gasteiger charge is 2.15. The maximum Gasteiger partial charge on any atom is 0.146 e. The average Bonchev–Trinajstić information content (AvgIpc) is 3.00. The molecule has 0 fully saturated rings. The minimum absolute atomic E-state index is 0.313. The van der Waals surface area contributed by atoms with Crippen molar-refractivity contribution in [3.63, 3.8) is 0 Å². The van der Waals surface area contributed by atoms with Crippen molar-refractivity contribution in [2.24, 2.45) is 0 Å². The molecule has 0 saturated heterocycles. The first-order chi connectivity index (χ1) is 11.7. The van der Waals surface area contributed by atoms with Crippen LogP contribution in [0.15, 0.2) is 48.8 Å². The van der Waals surface area contributed by atoms with Crippen LogP contribution in [0.4, 0.5) is 5.82 Å². The van der Waals surface area contributed by atoms with Crippen molar-refractivity contribution < 1.29 is 0 Å². The summed E-state index contributed by atoms with van der Waals surface area (Å²) >= 11 is 4.11. The number of anilines is 1. The minimum Gasteiger partial charge on any atom is -0.316 e. The second-order valence-corrected chi connectivity index (χ2v) is 6.21. The van der Waals surface area contributed by atoms with Crippen LogP contribution in [0.25, 0.3) is 27.6 Å². The van der Waals surface area contributed by atoms with Crippen molar-refractivity contribution >= 4 is 40.6 Å². The van der Waals surface area contributed by atoms with E-state index in [0.29, 0.717) is 11.7 Å². The molecule has 0 aliphatic carbocycles. The number of imidazole rings is 1. The van der Waals surface area contributed by atoms with Crippen LogP contribution in [0.3, 0.4) is 0 Å². The standard InChI is InChI=1S/C18H17N5S/c1-11(2)18-21-14-5-3-4-6-16(14)23(18)12-7-8-13-15(9-12)19-10-20-17(13)22-24/h3-11,24H,1-2H3,(H,19,20,22). The molecule has 2 aromatic heterocycles. The summed E-state index contributed by atoms with van der Waals surface area (Å²) in [5, 5.41) is 0.937. The summed E-state index contributed by atoms with van der Waals surface area (Å²) in [6.07, 6.45) is 1.54. The summed E-state index contributed by atoms with van der Waals surface area (Å²) in [5.41, 5.74) is 4.01. The van der Waals surface area contributed by atoms with Crippen LogP contribution in [-0.4, -0.2) is 19.5 Å². The molecule has 0 unspecified atom stereocenters. The van der Waals surface area contributed by atoms with E-state index in [2.05, 4.69) is 64.1 Å². The molecule has 120 valence electrons. The van der Waals surface area contributed by atoms with Crippen LogP contribution in [0.5, 0.6) is 0 Å². The number of nitrogens with one attached hydrogen (secondary N) is 1. The molecule has 0 aliphatic rings. The lowest BCUT2D eigenvalue weighted by Gasteiger charge is -2.13. The summed E-state index contributed by atoms with van der Waals surface area (Å²) in [5.74, 6) is 2.06. The zero-order chi connectivity index (χ0) is 16.7. The Hall–Kier alpha value is -2.60. The van der Waals surface area contributed by atoms with E-state index in [4.69, 9.17) is 4.98 Å². The van der Waals surface area contributed by atoms with Crippen LogP contribution in [0, 0.1) is 0 Å². The van der Waals surface area contributed by atoms with Crippen molar-refractivity contribution in [2.75, 3.05) is 4.72 Å². The first kappa shape index (κ1) is 15.0. The van der Waals surface area contributed by atoms with Gasteiger partial charge in [-0.3, -0.25) is 4.57 Å². The largest absolute Gasteiger partial charge is 0.316 e. The highest BCUT2D eigenvalue weighted by molar-refractivity contribution is 7.81. The van der Waals surface area contributed by atoms with Gasteiger partial charge in [0.1, 0.15) is 18.0 Å². The molecule has 0 amide bonds. The number of rotatable bonds is 3. The fourth-order valence-corrected chi connectivity index (χ4v) is 3.16. The van der Waals surface area contributed by atoms with Gasteiger partial charge in [0.2, 0.25) is 0 Å². The smallest absolute Gasteiger partial charge is 0.146 e. The van der Waals surface area contributed by atoms with E-state index in [1.807, 2.05) is 24.3 Å². The third-order valence-electron chi connectivity index (χ3n) is 4.09. The van der Waals surface area contributed by atoms with Crippen LogP contribution in [0.2, 0.25) is 0 Å². The molecule has 6 heteroatoms. The number of aromatic nitrogens is 4. The number of para-hydroxylation sites is 2. The highest BCUT2D eigenvalue weighted by atomic mass is 32.1. The first-order valence-electron chi connectivity index (χ1n) is 7.81. The molecule has 0 radical (unpaired) electrons. The molecule has 0 aliphatic heterocycles. The van der Waals surface area contributed by atoms with E-state index in [1.165, 1.54) is 0 Å². The molecule has 24 heavy (non-hydrogen) atoms. The van der Waals surface area contributed by atoms with E-state index in [9.17, 15) is 0 Å². The van der Waals surface area contributed by atoms with Gasteiger partial charge < -0.3 is 4.72 Å². The van der Waals surface area contributed by atoms with E-state index in [-0.39, 0.29) is 0 Å². The molecule has 2 heterocycles. The quantitative estimate of drug-likeness (QED) is 0.547. The number of thiol groups is 1. The Kier molecular flexibility index (Phi) is 3.61. The van der Waals surface area contributed by atoms with Crippen LogP contribution < -0.4 is 4.72 Å². The topological polar surface area (TPSA) is 55.6 Å². The van der Waals surface area contributed by atoms with Crippen LogP contribution in [0.1, 0.15) is 25.6 Å². The average molecular weight is 335 g/mol. The van der Waals surface area contributed by atoms with Crippen molar-refractivity contribution in [3.05, 3.63) is 54.6 Å². The fourth-order valence-electron chi connectivity index (χ4n) is 2.98.